The SMILES string of the molecule is CCNS(=O)(=O)C1CCN(C(=O)C(N)COC)C1. The number of nitrogens with zero attached hydrogens (tertiary/aromatic N) is 1. The van der Waals surface area contributed by atoms with E-state index in [0.29, 0.717) is 19.5 Å². The fraction of sp³-hybridized carbons (Fsp3) is 0.900. The maximum absolute atomic E-state index is 11.9. The molecule has 1 aliphatic heterocycles. The molecule has 0 aromatic carbocycles. The molecule has 1 fully saturated rings. The van der Waals surface area contributed by atoms with Gasteiger partial charge in [0.2, 0.25) is 15.9 Å². The molecule has 0 aromatic heterocycles. The van der Waals surface area contributed by atoms with E-state index in [9.17, 15) is 13.2 Å². The van der Waals surface area contributed by atoms with Crippen LogP contribution >= 0.6 is 0 Å². The van der Waals surface area contributed by atoms with E-state index in [-0.39, 0.29) is 19.1 Å². The van der Waals surface area contributed by atoms with Crippen molar-refractivity contribution >= 4 is 15.9 Å². The smallest absolute Gasteiger partial charge is 0.241 e. The number of nitrogens with one attached hydrogen (secondary N) is 1. The van der Waals surface area contributed by atoms with Crippen LogP contribution in [0.3, 0.4) is 0 Å². The van der Waals surface area contributed by atoms with E-state index in [0.717, 1.165) is 0 Å². The molecular formula is C10H21N3O4S. The molecule has 8 heteroatoms. The van der Waals surface area contributed by atoms with Crippen molar-refractivity contribution in [1.29, 1.82) is 0 Å². The summed E-state index contributed by atoms with van der Waals surface area (Å²) in [5.41, 5.74) is 5.64. The Kier molecular flexibility index (Phi) is 5.51. The zero-order valence-corrected chi connectivity index (χ0v) is 11.6. The lowest BCUT2D eigenvalue weighted by Crippen LogP contribution is -2.46. The summed E-state index contributed by atoms with van der Waals surface area (Å²) in [5.74, 6) is -0.258. The number of hydrogen-bond acceptors (Lipinski definition) is 5. The monoisotopic (exact) mass is 279 g/mol. The van der Waals surface area contributed by atoms with Gasteiger partial charge in [-0.2, -0.15) is 0 Å². The van der Waals surface area contributed by atoms with Gasteiger partial charge in [0.15, 0.2) is 0 Å². The molecule has 1 aliphatic rings. The molecule has 1 heterocycles. The van der Waals surface area contributed by atoms with E-state index in [1.54, 1.807) is 6.92 Å². The van der Waals surface area contributed by atoms with E-state index in [1.165, 1.54) is 12.0 Å². The number of rotatable bonds is 6. The zero-order valence-electron chi connectivity index (χ0n) is 10.8. The second-order valence-corrected chi connectivity index (χ2v) is 6.35. The van der Waals surface area contributed by atoms with Crippen molar-refractivity contribution in [1.82, 2.24) is 9.62 Å². The first-order valence-corrected chi connectivity index (χ1v) is 7.48. The molecule has 1 saturated heterocycles. The first-order valence-electron chi connectivity index (χ1n) is 5.94. The van der Waals surface area contributed by atoms with Gasteiger partial charge < -0.3 is 15.4 Å². The molecule has 0 aliphatic carbocycles. The van der Waals surface area contributed by atoms with Crippen LogP contribution in [0.4, 0.5) is 0 Å². The molecule has 106 valence electrons. The summed E-state index contributed by atoms with van der Waals surface area (Å²) in [6.07, 6.45) is 0.445. The lowest BCUT2D eigenvalue weighted by Gasteiger charge is -2.20. The Hall–Kier alpha value is -0.700. The van der Waals surface area contributed by atoms with Gasteiger partial charge in [0, 0.05) is 26.7 Å². The van der Waals surface area contributed by atoms with Crippen molar-refractivity contribution in [3.63, 3.8) is 0 Å². The van der Waals surface area contributed by atoms with Gasteiger partial charge in [0.1, 0.15) is 6.04 Å². The van der Waals surface area contributed by atoms with Crippen LogP contribution in [0.5, 0.6) is 0 Å². The molecule has 1 amide bonds. The van der Waals surface area contributed by atoms with Crippen LogP contribution in [0.15, 0.2) is 0 Å². The van der Waals surface area contributed by atoms with E-state index in [4.69, 9.17) is 10.5 Å². The van der Waals surface area contributed by atoms with Gasteiger partial charge in [-0.25, -0.2) is 13.1 Å². The molecule has 7 nitrogen and oxygen atoms in total. The number of carbonyl (C=O) groups is 1. The molecule has 18 heavy (non-hydrogen) atoms. The third-order valence-corrected chi connectivity index (χ3v) is 4.86. The number of ether oxygens (including phenoxy) is 1. The molecule has 0 aromatic rings. The predicted molar refractivity (Wildman–Crippen MR) is 67.4 cm³/mol. The summed E-state index contributed by atoms with van der Waals surface area (Å²) in [6, 6.07) is -0.726. The van der Waals surface area contributed by atoms with E-state index >= 15 is 0 Å². The number of amides is 1. The minimum Gasteiger partial charge on any atom is -0.383 e. The Labute approximate surface area is 108 Å². The summed E-state index contributed by atoms with van der Waals surface area (Å²) in [4.78, 5) is 13.4. The van der Waals surface area contributed by atoms with Crippen molar-refractivity contribution in [2.75, 3.05) is 33.4 Å². The average Bonchev–Trinajstić information content (AvgIpc) is 2.78. The maximum Gasteiger partial charge on any atom is 0.241 e. The lowest BCUT2D eigenvalue weighted by atomic mass is 10.3. The Morgan fingerprint density at radius 1 is 1.61 bits per heavy atom. The van der Waals surface area contributed by atoms with Crippen LogP contribution in [0, 0.1) is 0 Å². The maximum atomic E-state index is 11.9. The van der Waals surface area contributed by atoms with Gasteiger partial charge in [0.25, 0.3) is 0 Å². The molecular weight excluding hydrogens is 258 g/mol. The van der Waals surface area contributed by atoms with Crippen molar-refractivity contribution in [3.8, 4) is 0 Å². The van der Waals surface area contributed by atoms with Crippen molar-refractivity contribution < 1.29 is 17.9 Å². The molecule has 0 spiro atoms. The highest BCUT2D eigenvalue weighted by atomic mass is 32.2. The number of methoxy groups -OCH3 is 1. The molecule has 1 rings (SSSR count). The van der Waals surface area contributed by atoms with Crippen LogP contribution in [0.25, 0.3) is 0 Å². The van der Waals surface area contributed by atoms with Gasteiger partial charge in [-0.15, -0.1) is 0 Å². The van der Waals surface area contributed by atoms with E-state index in [2.05, 4.69) is 4.72 Å². The summed E-state index contributed by atoms with van der Waals surface area (Å²) < 4.78 is 30.9. The Morgan fingerprint density at radius 3 is 2.83 bits per heavy atom. The summed E-state index contributed by atoms with van der Waals surface area (Å²) in [7, 11) is -1.86. The highest BCUT2D eigenvalue weighted by molar-refractivity contribution is 7.90. The largest absolute Gasteiger partial charge is 0.383 e. The van der Waals surface area contributed by atoms with Crippen LogP contribution in [0.2, 0.25) is 0 Å². The topological polar surface area (TPSA) is 102 Å². The second kappa shape index (κ2) is 6.46. The number of likely N-dealkylation sites (tertiary alicyclic amines) is 1. The predicted octanol–water partition coefficient (Wildman–Crippen LogP) is -1.50. The minimum absolute atomic E-state index is 0.139. The molecule has 0 radical (unpaired) electrons. The first kappa shape index (κ1) is 15.4. The number of carbonyl (C=O) groups excluding carboxylic acids is 1. The highest BCUT2D eigenvalue weighted by Crippen LogP contribution is 2.16. The van der Waals surface area contributed by atoms with Crippen molar-refractivity contribution in [2.24, 2.45) is 5.73 Å². The highest BCUT2D eigenvalue weighted by Gasteiger charge is 2.36. The Balaban J connectivity index is 2.58. The van der Waals surface area contributed by atoms with Gasteiger partial charge in [-0.1, -0.05) is 6.92 Å². The van der Waals surface area contributed by atoms with Crippen molar-refractivity contribution in [3.05, 3.63) is 0 Å². The van der Waals surface area contributed by atoms with Crippen LogP contribution in [-0.4, -0.2) is 63.9 Å². The van der Waals surface area contributed by atoms with Gasteiger partial charge in [-0.05, 0) is 6.42 Å². The standard InChI is InChI=1S/C10H21N3O4S/c1-3-12-18(15,16)8-4-5-13(6-8)10(14)9(11)7-17-2/h8-9,12H,3-7,11H2,1-2H3. The van der Waals surface area contributed by atoms with E-state index in [1.807, 2.05) is 0 Å². The third-order valence-electron chi connectivity index (χ3n) is 2.90. The third kappa shape index (κ3) is 3.64. The van der Waals surface area contributed by atoms with Gasteiger partial charge in [-0.3, -0.25) is 4.79 Å². The van der Waals surface area contributed by atoms with Crippen LogP contribution in [0.1, 0.15) is 13.3 Å². The molecule has 0 saturated carbocycles. The lowest BCUT2D eigenvalue weighted by molar-refractivity contribution is -0.132. The van der Waals surface area contributed by atoms with Gasteiger partial charge in [0.05, 0.1) is 11.9 Å². The fourth-order valence-electron chi connectivity index (χ4n) is 1.99. The molecule has 2 unspecified atom stereocenters. The second-order valence-electron chi connectivity index (χ2n) is 4.30. The molecule has 3 N–H and O–H groups in total. The molecule has 2 atom stereocenters. The first-order chi connectivity index (χ1) is 8.42. The Bertz CT molecular complexity index is 385. The number of sulfonamides is 1. The normalized spacial score (nSPS) is 22.2. The fourth-order valence-corrected chi connectivity index (χ4v) is 3.42. The van der Waals surface area contributed by atoms with Crippen molar-refractivity contribution in [2.45, 2.75) is 24.6 Å². The van der Waals surface area contributed by atoms with Gasteiger partial charge >= 0.3 is 0 Å². The van der Waals surface area contributed by atoms with Crippen LogP contribution in [-0.2, 0) is 19.6 Å². The minimum atomic E-state index is -3.33. The summed E-state index contributed by atoms with van der Waals surface area (Å²) in [5, 5.41) is -0.545. The average molecular weight is 279 g/mol. The number of hydrogen-bond donors (Lipinski definition) is 2. The zero-order chi connectivity index (χ0) is 13.8. The molecule has 0 bridgehead atoms. The van der Waals surface area contributed by atoms with Crippen LogP contribution < -0.4 is 10.5 Å². The quantitative estimate of drug-likeness (QED) is 0.616. The number of nitrogens with two attached hydrogens (primary N) is 1. The summed E-state index contributed by atoms with van der Waals surface area (Å²) >= 11 is 0. The van der Waals surface area contributed by atoms with E-state index < -0.39 is 21.3 Å². The Morgan fingerprint density at radius 2 is 2.28 bits per heavy atom. The summed E-state index contributed by atoms with van der Waals surface area (Å²) in [6.45, 7) is 2.84.